The lowest BCUT2D eigenvalue weighted by Crippen LogP contribution is -2.09. The number of hydrogen-bond acceptors (Lipinski definition) is 4. The highest BCUT2D eigenvalue weighted by molar-refractivity contribution is 6.28. The van der Waals surface area contributed by atoms with Crippen LogP contribution >= 0.6 is 11.6 Å². The zero-order valence-electron chi connectivity index (χ0n) is 11.5. The minimum absolute atomic E-state index is 0.111. The molecule has 0 radical (unpaired) electrons. The van der Waals surface area contributed by atoms with Crippen LogP contribution in [0.3, 0.4) is 0 Å². The highest BCUT2D eigenvalue weighted by Crippen LogP contribution is 2.24. The van der Waals surface area contributed by atoms with Gasteiger partial charge in [0, 0.05) is 0 Å². The molecule has 1 aromatic carbocycles. The Hall–Kier alpha value is -2.21. The third-order valence-electron chi connectivity index (χ3n) is 3.31. The first-order valence-corrected chi connectivity index (χ1v) is 6.81. The van der Waals surface area contributed by atoms with Gasteiger partial charge in [0.15, 0.2) is 11.5 Å². The Morgan fingerprint density at radius 1 is 1.33 bits per heavy atom. The van der Waals surface area contributed by atoms with Crippen LogP contribution in [0.1, 0.15) is 24.1 Å². The average molecular weight is 306 g/mol. The molecule has 0 saturated heterocycles. The van der Waals surface area contributed by atoms with Crippen molar-refractivity contribution in [3.63, 3.8) is 0 Å². The molecule has 2 N–H and O–H groups in total. The molecule has 0 fully saturated rings. The predicted molar refractivity (Wildman–Crippen MR) is 79.9 cm³/mol. The first kappa shape index (κ1) is 13.8. The van der Waals surface area contributed by atoms with E-state index in [1.54, 1.807) is 13.0 Å². The Morgan fingerprint density at radius 2 is 2.14 bits per heavy atom. The number of aromatic nitrogens is 4. The van der Waals surface area contributed by atoms with Gasteiger partial charge in [-0.05, 0) is 42.6 Å². The maximum atomic E-state index is 13.7. The number of rotatable bonds is 3. The van der Waals surface area contributed by atoms with E-state index in [0.717, 1.165) is 5.56 Å². The first-order valence-electron chi connectivity index (χ1n) is 6.44. The minimum atomic E-state index is -0.228. The van der Waals surface area contributed by atoms with Gasteiger partial charge in [0.2, 0.25) is 5.28 Å². The fraction of sp³-hybridized carbons (Fsp3) is 0.214. The minimum Gasteiger partial charge on any atom is -0.362 e. The van der Waals surface area contributed by atoms with Gasteiger partial charge in [-0.2, -0.15) is 9.97 Å². The Balaban J connectivity index is 1.94. The maximum absolute atomic E-state index is 13.7. The number of halogens is 2. The monoisotopic (exact) mass is 305 g/mol. The molecular formula is C14H13ClFN5. The van der Waals surface area contributed by atoms with E-state index < -0.39 is 0 Å². The van der Waals surface area contributed by atoms with Crippen LogP contribution in [0.25, 0.3) is 11.2 Å². The molecule has 1 unspecified atom stereocenters. The number of hydrogen-bond donors (Lipinski definition) is 2. The third-order valence-corrected chi connectivity index (χ3v) is 3.48. The Bertz CT molecular complexity index is 801. The molecule has 0 bridgehead atoms. The number of H-pyrrole nitrogens is 1. The molecule has 0 aliphatic carbocycles. The molecule has 2 aromatic heterocycles. The van der Waals surface area contributed by atoms with Crippen LogP contribution in [0.5, 0.6) is 0 Å². The number of imidazole rings is 1. The summed E-state index contributed by atoms with van der Waals surface area (Å²) in [6, 6.07) is 5.00. The lowest BCUT2D eigenvalue weighted by atomic mass is 10.1. The van der Waals surface area contributed by atoms with Crippen molar-refractivity contribution in [3.8, 4) is 0 Å². The number of benzene rings is 1. The number of anilines is 1. The molecule has 108 valence electrons. The van der Waals surface area contributed by atoms with Gasteiger partial charge in [0.1, 0.15) is 11.3 Å². The van der Waals surface area contributed by atoms with E-state index in [-0.39, 0.29) is 17.1 Å². The number of nitrogens with zero attached hydrogens (tertiary/aromatic N) is 3. The van der Waals surface area contributed by atoms with Crippen molar-refractivity contribution in [1.29, 1.82) is 0 Å². The van der Waals surface area contributed by atoms with Gasteiger partial charge in [-0.3, -0.25) is 0 Å². The zero-order chi connectivity index (χ0) is 15.0. The van der Waals surface area contributed by atoms with Crippen molar-refractivity contribution in [3.05, 3.63) is 46.8 Å². The van der Waals surface area contributed by atoms with Crippen LogP contribution in [-0.4, -0.2) is 19.9 Å². The summed E-state index contributed by atoms with van der Waals surface area (Å²) in [7, 11) is 0. The zero-order valence-corrected chi connectivity index (χ0v) is 12.2. The summed E-state index contributed by atoms with van der Waals surface area (Å²) in [6.07, 6.45) is 1.52. The smallest absolute Gasteiger partial charge is 0.226 e. The van der Waals surface area contributed by atoms with Crippen molar-refractivity contribution in [2.75, 3.05) is 5.32 Å². The summed E-state index contributed by atoms with van der Waals surface area (Å²) >= 11 is 5.88. The molecule has 0 aliphatic rings. The molecule has 0 spiro atoms. The van der Waals surface area contributed by atoms with Crippen LogP contribution in [0.4, 0.5) is 10.2 Å². The summed E-state index contributed by atoms with van der Waals surface area (Å²) in [5.74, 6) is 0.310. The molecule has 7 heteroatoms. The molecular weight excluding hydrogens is 293 g/mol. The summed E-state index contributed by atoms with van der Waals surface area (Å²) in [5, 5.41) is 3.31. The van der Waals surface area contributed by atoms with E-state index in [0.29, 0.717) is 22.5 Å². The largest absolute Gasteiger partial charge is 0.362 e. The topological polar surface area (TPSA) is 66.5 Å². The number of fused-ring (bicyclic) bond motifs is 1. The molecule has 1 atom stereocenters. The molecule has 3 aromatic rings. The van der Waals surface area contributed by atoms with Crippen LogP contribution in [-0.2, 0) is 0 Å². The number of aryl methyl sites for hydroxylation is 1. The molecule has 21 heavy (non-hydrogen) atoms. The first-order chi connectivity index (χ1) is 10.0. The van der Waals surface area contributed by atoms with Gasteiger partial charge in [-0.1, -0.05) is 12.1 Å². The van der Waals surface area contributed by atoms with E-state index in [1.165, 1.54) is 12.4 Å². The normalized spacial score (nSPS) is 12.6. The van der Waals surface area contributed by atoms with Crippen LogP contribution in [0.15, 0.2) is 24.5 Å². The van der Waals surface area contributed by atoms with Crippen molar-refractivity contribution < 1.29 is 4.39 Å². The fourth-order valence-corrected chi connectivity index (χ4v) is 2.24. The van der Waals surface area contributed by atoms with Crippen LogP contribution < -0.4 is 5.32 Å². The number of nitrogens with one attached hydrogen (secondary N) is 2. The molecule has 0 amide bonds. The quantitative estimate of drug-likeness (QED) is 0.725. The Labute approximate surface area is 125 Å². The lowest BCUT2D eigenvalue weighted by molar-refractivity contribution is 0.614. The summed E-state index contributed by atoms with van der Waals surface area (Å²) < 4.78 is 13.7. The van der Waals surface area contributed by atoms with Gasteiger partial charge < -0.3 is 10.3 Å². The van der Waals surface area contributed by atoms with Gasteiger partial charge in [0.05, 0.1) is 12.4 Å². The van der Waals surface area contributed by atoms with Crippen molar-refractivity contribution >= 4 is 28.6 Å². The van der Waals surface area contributed by atoms with Crippen molar-refractivity contribution in [2.24, 2.45) is 0 Å². The number of aromatic amines is 1. The summed E-state index contributed by atoms with van der Waals surface area (Å²) in [6.45, 7) is 3.65. The Morgan fingerprint density at radius 3 is 2.90 bits per heavy atom. The summed E-state index contributed by atoms with van der Waals surface area (Å²) in [5.41, 5.74) is 2.59. The fourth-order valence-electron chi connectivity index (χ4n) is 2.08. The SMILES string of the molecule is Cc1ccc(C(C)Nc2nc(Cl)nc3nc[nH]c23)cc1F. The van der Waals surface area contributed by atoms with E-state index in [2.05, 4.69) is 25.3 Å². The second kappa shape index (κ2) is 5.29. The maximum Gasteiger partial charge on any atom is 0.226 e. The van der Waals surface area contributed by atoms with E-state index in [9.17, 15) is 4.39 Å². The second-order valence-electron chi connectivity index (χ2n) is 4.82. The Kier molecular flexibility index (Phi) is 3.47. The van der Waals surface area contributed by atoms with Gasteiger partial charge >= 0.3 is 0 Å². The van der Waals surface area contributed by atoms with Crippen LogP contribution in [0.2, 0.25) is 5.28 Å². The van der Waals surface area contributed by atoms with Crippen LogP contribution in [0, 0.1) is 12.7 Å². The molecule has 2 heterocycles. The third kappa shape index (κ3) is 2.67. The standard InChI is InChI=1S/C14H13ClFN5/c1-7-3-4-9(5-10(7)16)8(2)19-13-11-12(18-6-17-11)20-14(15)21-13/h3-6,8H,1-2H3,(H2,17,18,19,20,21). The molecule has 3 rings (SSSR count). The highest BCUT2D eigenvalue weighted by Gasteiger charge is 2.13. The highest BCUT2D eigenvalue weighted by atomic mass is 35.5. The van der Waals surface area contributed by atoms with Crippen molar-refractivity contribution in [2.45, 2.75) is 19.9 Å². The molecule has 0 saturated carbocycles. The lowest BCUT2D eigenvalue weighted by Gasteiger charge is -2.16. The van der Waals surface area contributed by atoms with Gasteiger partial charge in [-0.15, -0.1) is 0 Å². The van der Waals surface area contributed by atoms with Gasteiger partial charge in [-0.25, -0.2) is 9.37 Å². The second-order valence-corrected chi connectivity index (χ2v) is 5.16. The van der Waals surface area contributed by atoms with E-state index in [4.69, 9.17) is 11.6 Å². The predicted octanol–water partition coefficient (Wildman–Crippen LogP) is 3.63. The van der Waals surface area contributed by atoms with Crippen molar-refractivity contribution in [1.82, 2.24) is 19.9 Å². The van der Waals surface area contributed by atoms with E-state index in [1.807, 2.05) is 13.0 Å². The average Bonchev–Trinajstić information content (AvgIpc) is 2.90. The van der Waals surface area contributed by atoms with Gasteiger partial charge in [0.25, 0.3) is 0 Å². The molecule has 5 nitrogen and oxygen atoms in total. The van der Waals surface area contributed by atoms with E-state index >= 15 is 0 Å². The molecule has 0 aliphatic heterocycles. The summed E-state index contributed by atoms with van der Waals surface area (Å²) in [4.78, 5) is 15.2.